The molecule has 0 aliphatic carbocycles. The number of benzene rings is 2. The molecule has 0 fully saturated rings. The zero-order valence-corrected chi connectivity index (χ0v) is 20.5. The van der Waals surface area contributed by atoms with Crippen LogP contribution in [0.4, 0.5) is 0 Å². The summed E-state index contributed by atoms with van der Waals surface area (Å²) in [6.07, 6.45) is 3.44. The fourth-order valence-corrected chi connectivity index (χ4v) is 2.86. The lowest BCUT2D eigenvalue weighted by atomic mass is 10.2. The lowest BCUT2D eigenvalue weighted by molar-refractivity contribution is 0.0449. The van der Waals surface area contributed by atoms with E-state index in [1.165, 1.54) is 0 Å². The van der Waals surface area contributed by atoms with Crippen molar-refractivity contribution in [3.8, 4) is 11.5 Å². The second kappa shape index (κ2) is 19.6. The molecule has 0 radical (unpaired) electrons. The number of hydrogen-bond donors (Lipinski definition) is 0. The van der Waals surface area contributed by atoms with Gasteiger partial charge in [0.1, 0.15) is 24.7 Å². The van der Waals surface area contributed by atoms with Crippen LogP contribution in [0.5, 0.6) is 11.5 Å². The Kier molecular flexibility index (Phi) is 16.0. The van der Waals surface area contributed by atoms with Crippen molar-refractivity contribution >= 4 is 0 Å². The van der Waals surface area contributed by atoms with Gasteiger partial charge in [-0.05, 0) is 35.4 Å². The quantitative estimate of drug-likeness (QED) is 0.178. The normalized spacial score (nSPS) is 10.7. The Morgan fingerprint density at radius 1 is 0.457 bits per heavy atom. The SMILES string of the molecule is C=CCOCCOCCOc1ccc(COCc2ccc(OCCOCCOCC=C)cc2)cc1. The van der Waals surface area contributed by atoms with Crippen molar-refractivity contribution in [2.75, 3.05) is 66.1 Å². The molecule has 0 unspecified atom stereocenters. The van der Waals surface area contributed by atoms with Crippen molar-refractivity contribution in [3.05, 3.63) is 85.0 Å². The summed E-state index contributed by atoms with van der Waals surface area (Å²) in [6, 6.07) is 15.8. The molecule has 0 N–H and O–H groups in total. The van der Waals surface area contributed by atoms with Crippen LogP contribution < -0.4 is 9.47 Å². The minimum Gasteiger partial charge on any atom is -0.491 e. The van der Waals surface area contributed by atoms with Crippen LogP contribution in [-0.2, 0) is 36.9 Å². The Morgan fingerprint density at radius 3 is 1.23 bits per heavy atom. The summed E-state index contributed by atoms with van der Waals surface area (Å²) < 4.78 is 38.6. The minimum absolute atomic E-state index is 0.495. The molecule has 7 heteroatoms. The highest BCUT2D eigenvalue weighted by molar-refractivity contribution is 5.28. The summed E-state index contributed by atoms with van der Waals surface area (Å²) in [4.78, 5) is 0. The zero-order chi connectivity index (χ0) is 24.8. The Morgan fingerprint density at radius 2 is 0.829 bits per heavy atom. The van der Waals surface area contributed by atoms with Gasteiger partial charge in [-0.15, -0.1) is 13.2 Å². The van der Waals surface area contributed by atoms with E-state index in [0.29, 0.717) is 79.3 Å². The van der Waals surface area contributed by atoms with Crippen LogP contribution in [0, 0.1) is 0 Å². The third-order valence-corrected chi connectivity index (χ3v) is 4.59. The van der Waals surface area contributed by atoms with Crippen LogP contribution in [0.25, 0.3) is 0 Å². The molecule has 0 atom stereocenters. The number of rotatable bonds is 22. The van der Waals surface area contributed by atoms with Crippen molar-refractivity contribution in [2.24, 2.45) is 0 Å². The predicted octanol–water partition coefficient (Wildman–Crippen LogP) is 4.60. The Bertz CT molecular complexity index is 722. The second-order valence-corrected chi connectivity index (χ2v) is 7.43. The minimum atomic E-state index is 0.495. The van der Waals surface area contributed by atoms with E-state index in [9.17, 15) is 0 Å². The highest BCUT2D eigenvalue weighted by Crippen LogP contribution is 2.15. The summed E-state index contributed by atoms with van der Waals surface area (Å²) in [6.45, 7) is 13.6. The molecule has 2 aromatic rings. The van der Waals surface area contributed by atoms with Gasteiger partial charge < -0.3 is 33.2 Å². The average molecular weight is 487 g/mol. The maximum atomic E-state index is 5.83. The van der Waals surface area contributed by atoms with Gasteiger partial charge in [-0.25, -0.2) is 0 Å². The third kappa shape index (κ3) is 14.3. The molecule has 2 aromatic carbocycles. The second-order valence-electron chi connectivity index (χ2n) is 7.43. The van der Waals surface area contributed by atoms with Gasteiger partial charge in [-0.1, -0.05) is 36.4 Å². The molecule has 0 aromatic heterocycles. The third-order valence-electron chi connectivity index (χ3n) is 4.59. The first kappa shape index (κ1) is 28.6. The highest BCUT2D eigenvalue weighted by atomic mass is 16.5. The van der Waals surface area contributed by atoms with Crippen molar-refractivity contribution < 1.29 is 33.2 Å². The first-order valence-corrected chi connectivity index (χ1v) is 11.9. The Balaban J connectivity index is 1.52. The molecule has 0 saturated carbocycles. The molecular formula is C28H38O7. The van der Waals surface area contributed by atoms with Crippen molar-refractivity contribution in [1.29, 1.82) is 0 Å². The van der Waals surface area contributed by atoms with Gasteiger partial charge in [-0.2, -0.15) is 0 Å². The standard InChI is InChI=1S/C28H38O7/c1-3-13-29-15-17-31-19-21-34-27-9-5-25(6-10-27)23-33-24-26-7-11-28(12-8-26)35-22-20-32-18-16-30-14-4-2/h3-12H,1-2,13-24H2. The fourth-order valence-electron chi connectivity index (χ4n) is 2.86. The molecule has 0 bridgehead atoms. The number of ether oxygens (including phenoxy) is 7. The van der Waals surface area contributed by atoms with E-state index in [1.54, 1.807) is 12.2 Å². The van der Waals surface area contributed by atoms with Crippen LogP contribution in [0.3, 0.4) is 0 Å². The molecule has 0 aliphatic heterocycles. The van der Waals surface area contributed by atoms with E-state index in [1.807, 2.05) is 48.5 Å². The lowest BCUT2D eigenvalue weighted by Crippen LogP contribution is -2.10. The van der Waals surface area contributed by atoms with Crippen LogP contribution in [0.2, 0.25) is 0 Å². The topological polar surface area (TPSA) is 64.6 Å². The first-order valence-electron chi connectivity index (χ1n) is 11.9. The van der Waals surface area contributed by atoms with Crippen molar-refractivity contribution in [2.45, 2.75) is 13.2 Å². The van der Waals surface area contributed by atoms with Crippen LogP contribution in [0.15, 0.2) is 73.8 Å². The van der Waals surface area contributed by atoms with Gasteiger partial charge in [0.25, 0.3) is 0 Å². The van der Waals surface area contributed by atoms with Crippen LogP contribution in [0.1, 0.15) is 11.1 Å². The molecule has 35 heavy (non-hydrogen) atoms. The average Bonchev–Trinajstić information content (AvgIpc) is 2.89. The lowest BCUT2D eigenvalue weighted by Gasteiger charge is -2.10. The van der Waals surface area contributed by atoms with Gasteiger partial charge in [0.2, 0.25) is 0 Å². The molecule has 0 saturated heterocycles. The van der Waals surface area contributed by atoms with Gasteiger partial charge in [0.15, 0.2) is 0 Å². The maximum absolute atomic E-state index is 5.83. The molecule has 0 spiro atoms. The van der Waals surface area contributed by atoms with E-state index in [4.69, 9.17) is 33.2 Å². The smallest absolute Gasteiger partial charge is 0.119 e. The Labute approximate surface area is 209 Å². The molecule has 192 valence electrons. The van der Waals surface area contributed by atoms with E-state index < -0.39 is 0 Å². The monoisotopic (exact) mass is 486 g/mol. The van der Waals surface area contributed by atoms with E-state index in [2.05, 4.69) is 13.2 Å². The van der Waals surface area contributed by atoms with Gasteiger partial charge >= 0.3 is 0 Å². The molecule has 0 amide bonds. The van der Waals surface area contributed by atoms with E-state index >= 15 is 0 Å². The maximum Gasteiger partial charge on any atom is 0.119 e. The summed E-state index contributed by atoms with van der Waals surface area (Å²) in [5, 5.41) is 0. The largest absolute Gasteiger partial charge is 0.491 e. The Hall–Kier alpha value is -2.68. The summed E-state index contributed by atoms with van der Waals surface area (Å²) in [5.41, 5.74) is 2.17. The first-order chi connectivity index (χ1) is 17.3. The van der Waals surface area contributed by atoms with E-state index in [-0.39, 0.29) is 0 Å². The summed E-state index contributed by atoms with van der Waals surface area (Å²) in [5.74, 6) is 1.62. The highest BCUT2D eigenvalue weighted by Gasteiger charge is 2.00. The predicted molar refractivity (Wildman–Crippen MR) is 136 cm³/mol. The molecule has 0 heterocycles. The van der Waals surface area contributed by atoms with Crippen LogP contribution >= 0.6 is 0 Å². The van der Waals surface area contributed by atoms with Crippen LogP contribution in [-0.4, -0.2) is 66.1 Å². The van der Waals surface area contributed by atoms with Gasteiger partial charge in [0, 0.05) is 0 Å². The fraction of sp³-hybridized carbons (Fsp3) is 0.429. The molecule has 7 nitrogen and oxygen atoms in total. The summed E-state index contributed by atoms with van der Waals surface area (Å²) in [7, 11) is 0. The van der Waals surface area contributed by atoms with E-state index in [0.717, 1.165) is 22.6 Å². The molecule has 2 rings (SSSR count). The van der Waals surface area contributed by atoms with Gasteiger partial charge in [0.05, 0.1) is 66.1 Å². The number of hydrogen-bond acceptors (Lipinski definition) is 7. The zero-order valence-electron chi connectivity index (χ0n) is 20.5. The van der Waals surface area contributed by atoms with Crippen molar-refractivity contribution in [3.63, 3.8) is 0 Å². The van der Waals surface area contributed by atoms with Crippen molar-refractivity contribution in [1.82, 2.24) is 0 Å². The summed E-state index contributed by atoms with van der Waals surface area (Å²) >= 11 is 0. The molecular weight excluding hydrogens is 448 g/mol. The molecule has 0 aliphatic rings. The van der Waals surface area contributed by atoms with Gasteiger partial charge in [-0.3, -0.25) is 0 Å².